The minimum atomic E-state index is -1.13. The van der Waals surface area contributed by atoms with Crippen LogP contribution in [0.3, 0.4) is 0 Å². The van der Waals surface area contributed by atoms with Crippen LogP contribution in [-0.4, -0.2) is 22.6 Å². The number of carboxylic acid groups (broad SMARTS) is 1. The van der Waals surface area contributed by atoms with Crippen molar-refractivity contribution in [1.82, 2.24) is 0 Å². The molecule has 90 valence electrons. The molecule has 0 aromatic carbocycles. The summed E-state index contributed by atoms with van der Waals surface area (Å²) in [6.45, 7) is 2.00. The number of ether oxygens (including phenoxy) is 1. The largest absolute Gasteiger partial charge is 0.478 e. The molecule has 0 aromatic rings. The first-order valence-corrected chi connectivity index (χ1v) is 5.72. The fourth-order valence-corrected chi connectivity index (χ4v) is 2.11. The van der Waals surface area contributed by atoms with E-state index in [4.69, 9.17) is 9.84 Å². The molecule has 4 nitrogen and oxygen atoms in total. The van der Waals surface area contributed by atoms with Crippen molar-refractivity contribution < 1.29 is 19.4 Å². The van der Waals surface area contributed by atoms with Crippen LogP contribution in [0.15, 0.2) is 12.2 Å². The number of esters is 1. The molecular weight excluding hydrogens is 208 g/mol. The fraction of sp³-hybridized carbons (Fsp3) is 0.667. The van der Waals surface area contributed by atoms with Crippen molar-refractivity contribution in [1.29, 1.82) is 0 Å². The molecule has 0 atom stereocenters. The molecule has 1 aliphatic rings. The van der Waals surface area contributed by atoms with E-state index in [0.29, 0.717) is 0 Å². The van der Waals surface area contributed by atoms with E-state index in [2.05, 4.69) is 0 Å². The smallest absolute Gasteiger partial charge is 0.331 e. The highest BCUT2D eigenvalue weighted by molar-refractivity contribution is 5.90. The molecule has 1 rings (SSSR count). The van der Waals surface area contributed by atoms with Crippen LogP contribution in [-0.2, 0) is 14.3 Å². The zero-order valence-electron chi connectivity index (χ0n) is 9.57. The highest BCUT2D eigenvalue weighted by atomic mass is 16.6. The molecule has 0 radical (unpaired) electrons. The van der Waals surface area contributed by atoms with E-state index >= 15 is 0 Å². The maximum absolute atomic E-state index is 11.4. The summed E-state index contributed by atoms with van der Waals surface area (Å²) in [7, 11) is 0. The van der Waals surface area contributed by atoms with Crippen LogP contribution < -0.4 is 0 Å². The van der Waals surface area contributed by atoms with E-state index in [-0.39, 0.29) is 5.60 Å². The second-order valence-corrected chi connectivity index (χ2v) is 4.19. The number of aliphatic carboxylic acids is 1. The Labute approximate surface area is 95.3 Å². The molecule has 1 saturated carbocycles. The van der Waals surface area contributed by atoms with Crippen molar-refractivity contribution in [2.75, 3.05) is 0 Å². The molecule has 0 saturated heterocycles. The molecule has 0 aromatic heterocycles. The SMILES string of the molecule is CCC1(OC(=O)C=CC(=O)O)CCCCC1. The van der Waals surface area contributed by atoms with Gasteiger partial charge in [0.1, 0.15) is 5.60 Å². The van der Waals surface area contributed by atoms with Crippen molar-refractivity contribution in [2.45, 2.75) is 51.0 Å². The molecule has 0 aliphatic heterocycles. The summed E-state index contributed by atoms with van der Waals surface area (Å²) < 4.78 is 5.39. The Morgan fingerprint density at radius 3 is 2.38 bits per heavy atom. The van der Waals surface area contributed by atoms with Gasteiger partial charge in [-0.1, -0.05) is 13.3 Å². The number of rotatable bonds is 4. The standard InChI is InChI=1S/C12H18O4/c1-2-12(8-4-3-5-9-12)16-11(15)7-6-10(13)14/h6-7H,2-5,8-9H2,1H3,(H,13,14). The van der Waals surface area contributed by atoms with E-state index < -0.39 is 11.9 Å². The summed E-state index contributed by atoms with van der Waals surface area (Å²) in [4.78, 5) is 21.7. The number of carbonyl (C=O) groups is 2. The van der Waals surface area contributed by atoms with Gasteiger partial charge in [0.15, 0.2) is 0 Å². The number of carboxylic acids is 1. The average molecular weight is 226 g/mol. The molecule has 0 bridgehead atoms. The van der Waals surface area contributed by atoms with Gasteiger partial charge in [0.25, 0.3) is 0 Å². The van der Waals surface area contributed by atoms with E-state index in [1.54, 1.807) is 0 Å². The Morgan fingerprint density at radius 2 is 1.88 bits per heavy atom. The summed E-state index contributed by atoms with van der Waals surface area (Å²) >= 11 is 0. The lowest BCUT2D eigenvalue weighted by atomic mass is 9.83. The predicted molar refractivity (Wildman–Crippen MR) is 59.0 cm³/mol. The van der Waals surface area contributed by atoms with Crippen LogP contribution in [0.2, 0.25) is 0 Å². The Kier molecular flexibility index (Phi) is 4.52. The van der Waals surface area contributed by atoms with Gasteiger partial charge < -0.3 is 9.84 Å². The summed E-state index contributed by atoms with van der Waals surface area (Å²) in [6, 6.07) is 0. The normalized spacial score (nSPS) is 19.6. The zero-order chi connectivity index (χ0) is 12.0. The molecule has 4 heteroatoms. The van der Waals surface area contributed by atoms with Crippen molar-refractivity contribution in [2.24, 2.45) is 0 Å². The Balaban J connectivity index is 2.55. The van der Waals surface area contributed by atoms with Gasteiger partial charge in [0.2, 0.25) is 0 Å². The van der Waals surface area contributed by atoms with Crippen LogP contribution >= 0.6 is 0 Å². The minimum absolute atomic E-state index is 0.363. The van der Waals surface area contributed by atoms with Crippen LogP contribution in [0.1, 0.15) is 45.4 Å². The first kappa shape index (κ1) is 12.7. The van der Waals surface area contributed by atoms with Gasteiger partial charge >= 0.3 is 11.9 Å². The van der Waals surface area contributed by atoms with E-state index in [1.807, 2.05) is 6.92 Å². The first-order valence-electron chi connectivity index (χ1n) is 5.72. The maximum atomic E-state index is 11.4. The van der Waals surface area contributed by atoms with Gasteiger partial charge in [-0.25, -0.2) is 9.59 Å². The first-order chi connectivity index (χ1) is 7.58. The van der Waals surface area contributed by atoms with E-state index in [1.165, 1.54) is 6.42 Å². The lowest BCUT2D eigenvalue weighted by Crippen LogP contribution is -2.36. The number of carbonyl (C=O) groups excluding carboxylic acids is 1. The summed E-state index contributed by atoms with van der Waals surface area (Å²) in [6.07, 6.45) is 7.69. The average Bonchev–Trinajstić information content (AvgIpc) is 2.28. The maximum Gasteiger partial charge on any atom is 0.331 e. The summed E-state index contributed by atoms with van der Waals surface area (Å²) in [5, 5.41) is 8.40. The summed E-state index contributed by atoms with van der Waals surface area (Å²) in [5.74, 6) is -1.68. The fourth-order valence-electron chi connectivity index (χ4n) is 2.11. The molecule has 0 heterocycles. The van der Waals surface area contributed by atoms with E-state index in [0.717, 1.165) is 44.3 Å². The van der Waals surface area contributed by atoms with Gasteiger partial charge in [-0.3, -0.25) is 0 Å². The monoisotopic (exact) mass is 226 g/mol. The number of hydrogen-bond donors (Lipinski definition) is 1. The second kappa shape index (κ2) is 5.68. The molecule has 1 N–H and O–H groups in total. The molecule has 1 aliphatic carbocycles. The molecule has 1 fully saturated rings. The molecular formula is C12H18O4. The third-order valence-electron chi connectivity index (χ3n) is 3.09. The van der Waals surface area contributed by atoms with Gasteiger partial charge in [-0.2, -0.15) is 0 Å². The lowest BCUT2D eigenvalue weighted by Gasteiger charge is -2.35. The number of hydrogen-bond acceptors (Lipinski definition) is 3. The van der Waals surface area contributed by atoms with Crippen molar-refractivity contribution in [3.8, 4) is 0 Å². The lowest BCUT2D eigenvalue weighted by molar-refractivity contribution is -0.157. The molecule has 0 unspecified atom stereocenters. The Bertz CT molecular complexity index is 287. The second-order valence-electron chi connectivity index (χ2n) is 4.19. The Morgan fingerprint density at radius 1 is 1.25 bits per heavy atom. The Hall–Kier alpha value is -1.32. The minimum Gasteiger partial charge on any atom is -0.478 e. The topological polar surface area (TPSA) is 63.6 Å². The quantitative estimate of drug-likeness (QED) is 0.590. The van der Waals surface area contributed by atoms with Crippen LogP contribution in [0.5, 0.6) is 0 Å². The zero-order valence-corrected chi connectivity index (χ0v) is 9.57. The van der Waals surface area contributed by atoms with Gasteiger partial charge in [-0.15, -0.1) is 0 Å². The van der Waals surface area contributed by atoms with Crippen LogP contribution in [0.4, 0.5) is 0 Å². The molecule has 0 spiro atoms. The highest BCUT2D eigenvalue weighted by Gasteiger charge is 2.33. The van der Waals surface area contributed by atoms with Crippen LogP contribution in [0, 0.1) is 0 Å². The third-order valence-corrected chi connectivity index (χ3v) is 3.09. The third kappa shape index (κ3) is 3.68. The summed E-state index contributed by atoms with van der Waals surface area (Å²) in [5.41, 5.74) is -0.363. The molecule has 0 amide bonds. The van der Waals surface area contributed by atoms with Gasteiger partial charge in [-0.05, 0) is 32.1 Å². The van der Waals surface area contributed by atoms with Crippen LogP contribution in [0.25, 0.3) is 0 Å². The van der Waals surface area contributed by atoms with Crippen molar-refractivity contribution in [3.05, 3.63) is 12.2 Å². The van der Waals surface area contributed by atoms with Gasteiger partial charge in [0.05, 0.1) is 0 Å². The van der Waals surface area contributed by atoms with Gasteiger partial charge in [0, 0.05) is 12.2 Å². The van der Waals surface area contributed by atoms with E-state index in [9.17, 15) is 9.59 Å². The van der Waals surface area contributed by atoms with Crippen molar-refractivity contribution in [3.63, 3.8) is 0 Å². The molecule has 16 heavy (non-hydrogen) atoms. The van der Waals surface area contributed by atoms with Crippen molar-refractivity contribution >= 4 is 11.9 Å². The predicted octanol–water partition coefficient (Wildman–Crippen LogP) is 2.28. The highest BCUT2D eigenvalue weighted by Crippen LogP contribution is 2.34.